The van der Waals surface area contributed by atoms with Crippen LogP contribution in [0.25, 0.3) is 0 Å². The first kappa shape index (κ1) is 16.9. The number of nitrogens with zero attached hydrogens (tertiary/aromatic N) is 1. The van der Waals surface area contributed by atoms with Crippen molar-refractivity contribution in [3.63, 3.8) is 0 Å². The van der Waals surface area contributed by atoms with Crippen molar-refractivity contribution < 1.29 is 4.74 Å². The van der Waals surface area contributed by atoms with Gasteiger partial charge in [0.2, 0.25) is 0 Å². The van der Waals surface area contributed by atoms with Gasteiger partial charge in [0.1, 0.15) is 5.82 Å². The monoisotopic (exact) mass is 279 g/mol. The molecule has 0 fully saturated rings. The predicted octanol–water partition coefficient (Wildman–Crippen LogP) is 3.07. The first-order chi connectivity index (χ1) is 9.31. The second-order valence-corrected chi connectivity index (χ2v) is 6.44. The Morgan fingerprint density at radius 2 is 2.05 bits per heavy atom. The molecule has 4 heteroatoms. The number of methoxy groups -OCH3 is 1. The number of pyridine rings is 1. The molecule has 0 aromatic carbocycles. The zero-order chi connectivity index (χ0) is 15.3. The molecule has 2 unspecified atom stereocenters. The molecule has 0 saturated heterocycles. The fraction of sp³-hybridized carbons (Fsp3) is 0.688. The van der Waals surface area contributed by atoms with E-state index in [1.54, 1.807) is 13.3 Å². The number of nitrogens with two attached hydrogens (primary N) is 1. The Labute approximate surface area is 123 Å². The molecule has 114 valence electrons. The summed E-state index contributed by atoms with van der Waals surface area (Å²) >= 11 is 0. The van der Waals surface area contributed by atoms with Crippen LogP contribution in [0.3, 0.4) is 0 Å². The lowest BCUT2D eigenvalue weighted by atomic mass is 9.81. The van der Waals surface area contributed by atoms with E-state index in [2.05, 4.69) is 44.1 Å². The van der Waals surface area contributed by atoms with Crippen LogP contribution in [0.4, 0.5) is 5.82 Å². The Kier molecular flexibility index (Phi) is 5.96. The van der Waals surface area contributed by atoms with Gasteiger partial charge in [0.15, 0.2) is 0 Å². The van der Waals surface area contributed by atoms with Gasteiger partial charge in [-0.25, -0.2) is 4.98 Å². The summed E-state index contributed by atoms with van der Waals surface area (Å²) in [6.07, 6.45) is 2.89. The van der Waals surface area contributed by atoms with Gasteiger partial charge in [-0.15, -0.1) is 0 Å². The summed E-state index contributed by atoms with van der Waals surface area (Å²) in [7, 11) is 1.76. The number of nitrogen functional groups attached to an aromatic ring is 1. The second-order valence-electron chi connectivity index (χ2n) is 6.44. The molecular weight excluding hydrogens is 250 g/mol. The van der Waals surface area contributed by atoms with E-state index in [-0.39, 0.29) is 17.6 Å². The van der Waals surface area contributed by atoms with E-state index in [0.717, 1.165) is 24.1 Å². The summed E-state index contributed by atoms with van der Waals surface area (Å²) in [6.45, 7) is 11.7. The maximum Gasteiger partial charge on any atom is 0.128 e. The van der Waals surface area contributed by atoms with Gasteiger partial charge >= 0.3 is 0 Å². The Morgan fingerprint density at radius 1 is 1.40 bits per heavy atom. The molecule has 0 aliphatic rings. The number of aryl methyl sites for hydroxylation is 1. The van der Waals surface area contributed by atoms with Gasteiger partial charge in [-0.1, -0.05) is 27.7 Å². The molecule has 0 radical (unpaired) electrons. The molecule has 4 nitrogen and oxygen atoms in total. The normalized spacial score (nSPS) is 15.1. The smallest absolute Gasteiger partial charge is 0.128 e. The maximum absolute atomic E-state index is 6.09. The zero-order valence-corrected chi connectivity index (χ0v) is 13.7. The van der Waals surface area contributed by atoms with Crippen molar-refractivity contribution in [1.82, 2.24) is 10.3 Å². The van der Waals surface area contributed by atoms with E-state index in [1.807, 2.05) is 6.92 Å². The first-order valence-electron chi connectivity index (χ1n) is 7.29. The van der Waals surface area contributed by atoms with E-state index in [0.29, 0.717) is 5.82 Å². The number of rotatable bonds is 6. The van der Waals surface area contributed by atoms with Crippen molar-refractivity contribution >= 4 is 5.82 Å². The quantitative estimate of drug-likeness (QED) is 0.840. The van der Waals surface area contributed by atoms with E-state index in [4.69, 9.17) is 10.5 Å². The highest BCUT2D eigenvalue weighted by Gasteiger charge is 2.34. The number of hydrogen-bond acceptors (Lipinski definition) is 4. The van der Waals surface area contributed by atoms with E-state index >= 15 is 0 Å². The third-order valence-corrected chi connectivity index (χ3v) is 3.45. The molecule has 0 aliphatic carbocycles. The van der Waals surface area contributed by atoms with Crippen LogP contribution in [-0.4, -0.2) is 24.7 Å². The third kappa shape index (κ3) is 4.18. The SMILES string of the molecule is CCCNC(c1cc(C)cnc1N)C(OC)C(C)(C)C. The van der Waals surface area contributed by atoms with Crippen molar-refractivity contribution in [2.75, 3.05) is 19.4 Å². The largest absolute Gasteiger partial charge is 0.383 e. The first-order valence-corrected chi connectivity index (χ1v) is 7.29. The molecule has 0 bridgehead atoms. The van der Waals surface area contributed by atoms with Crippen LogP contribution in [0.5, 0.6) is 0 Å². The third-order valence-electron chi connectivity index (χ3n) is 3.45. The van der Waals surface area contributed by atoms with E-state index in [9.17, 15) is 0 Å². The lowest BCUT2D eigenvalue weighted by Crippen LogP contribution is -2.42. The number of nitrogens with one attached hydrogen (secondary N) is 1. The van der Waals surface area contributed by atoms with Crippen LogP contribution in [0.2, 0.25) is 0 Å². The molecule has 2 atom stereocenters. The van der Waals surface area contributed by atoms with Crippen molar-refractivity contribution in [1.29, 1.82) is 0 Å². The highest BCUT2D eigenvalue weighted by Crippen LogP contribution is 2.34. The van der Waals surface area contributed by atoms with Gasteiger partial charge in [-0.3, -0.25) is 0 Å². The molecule has 0 amide bonds. The number of aromatic nitrogens is 1. The molecule has 20 heavy (non-hydrogen) atoms. The molecule has 0 spiro atoms. The second kappa shape index (κ2) is 7.04. The minimum absolute atomic E-state index is 0.0103. The summed E-state index contributed by atoms with van der Waals surface area (Å²) < 4.78 is 5.78. The molecular formula is C16H29N3O. The molecule has 1 rings (SSSR count). The summed E-state index contributed by atoms with van der Waals surface area (Å²) in [5.41, 5.74) is 8.24. The Morgan fingerprint density at radius 3 is 2.55 bits per heavy atom. The summed E-state index contributed by atoms with van der Waals surface area (Å²) in [5, 5.41) is 3.57. The fourth-order valence-corrected chi connectivity index (χ4v) is 2.52. The van der Waals surface area contributed by atoms with Crippen molar-refractivity contribution in [2.24, 2.45) is 5.41 Å². The highest BCUT2D eigenvalue weighted by atomic mass is 16.5. The number of ether oxygens (including phenoxy) is 1. The molecule has 0 aliphatic heterocycles. The number of hydrogen-bond donors (Lipinski definition) is 2. The Bertz CT molecular complexity index is 426. The molecule has 1 heterocycles. The zero-order valence-electron chi connectivity index (χ0n) is 13.7. The predicted molar refractivity (Wildman–Crippen MR) is 84.7 cm³/mol. The Balaban J connectivity index is 3.19. The number of anilines is 1. The van der Waals surface area contributed by atoms with Crippen LogP contribution in [-0.2, 0) is 4.74 Å². The molecule has 1 aromatic heterocycles. The topological polar surface area (TPSA) is 60.2 Å². The Hall–Kier alpha value is -1.13. The van der Waals surface area contributed by atoms with E-state index in [1.165, 1.54) is 0 Å². The maximum atomic E-state index is 6.09. The summed E-state index contributed by atoms with van der Waals surface area (Å²) in [4.78, 5) is 4.29. The summed E-state index contributed by atoms with van der Waals surface area (Å²) in [6, 6.07) is 2.15. The minimum atomic E-state index is 0.0103. The van der Waals surface area contributed by atoms with Crippen LogP contribution in [0, 0.1) is 12.3 Å². The van der Waals surface area contributed by atoms with Crippen molar-refractivity contribution in [3.8, 4) is 0 Å². The molecule has 0 saturated carbocycles. The van der Waals surface area contributed by atoms with Gasteiger partial charge in [-0.2, -0.15) is 0 Å². The van der Waals surface area contributed by atoms with E-state index < -0.39 is 0 Å². The lowest BCUT2D eigenvalue weighted by molar-refractivity contribution is -0.0118. The average Bonchev–Trinajstić information content (AvgIpc) is 2.36. The van der Waals surface area contributed by atoms with Crippen LogP contribution >= 0.6 is 0 Å². The standard InChI is InChI=1S/C16H29N3O/c1-7-8-18-13(14(20-6)16(3,4)5)12-9-11(2)10-19-15(12)17/h9-10,13-14,18H,7-8H2,1-6H3,(H2,17,19). The van der Waals surface area contributed by atoms with Gasteiger partial charge in [-0.05, 0) is 36.9 Å². The fourth-order valence-electron chi connectivity index (χ4n) is 2.52. The molecule has 1 aromatic rings. The average molecular weight is 279 g/mol. The highest BCUT2D eigenvalue weighted by molar-refractivity contribution is 5.43. The van der Waals surface area contributed by atoms with Gasteiger partial charge in [0, 0.05) is 18.9 Å². The van der Waals surface area contributed by atoms with Crippen molar-refractivity contribution in [3.05, 3.63) is 23.4 Å². The minimum Gasteiger partial charge on any atom is -0.383 e. The van der Waals surface area contributed by atoms with Crippen molar-refractivity contribution in [2.45, 2.75) is 53.2 Å². The van der Waals surface area contributed by atoms with Crippen LogP contribution < -0.4 is 11.1 Å². The van der Waals surface area contributed by atoms with Gasteiger partial charge in [0.05, 0.1) is 12.1 Å². The summed E-state index contributed by atoms with van der Waals surface area (Å²) in [5.74, 6) is 0.579. The molecule has 3 N–H and O–H groups in total. The lowest BCUT2D eigenvalue weighted by Gasteiger charge is -2.37. The van der Waals surface area contributed by atoms with Crippen LogP contribution in [0.1, 0.15) is 51.3 Å². The van der Waals surface area contributed by atoms with Crippen LogP contribution in [0.15, 0.2) is 12.3 Å². The van der Waals surface area contributed by atoms with Gasteiger partial charge in [0.25, 0.3) is 0 Å². The van der Waals surface area contributed by atoms with Gasteiger partial charge < -0.3 is 15.8 Å².